The molecule has 2 bridgehead atoms. The Kier molecular flexibility index (Phi) is 3.74. The number of hydrogen-bond donors (Lipinski definition) is 0. The zero-order valence-corrected chi connectivity index (χ0v) is 14.9. The first-order valence-corrected chi connectivity index (χ1v) is 8.84. The molecule has 0 N–H and O–H groups in total. The summed E-state index contributed by atoms with van der Waals surface area (Å²) in [6, 6.07) is 6.56. The summed E-state index contributed by atoms with van der Waals surface area (Å²) in [6.45, 7) is 5.73. The maximum atomic E-state index is 12.5. The third kappa shape index (κ3) is 3.11. The van der Waals surface area contributed by atoms with Gasteiger partial charge in [0.25, 0.3) is 0 Å². The Balaban J connectivity index is 1.61. The van der Waals surface area contributed by atoms with Gasteiger partial charge in [0.2, 0.25) is 0 Å². The third-order valence-electron chi connectivity index (χ3n) is 4.84. The molecule has 5 nitrogen and oxygen atoms in total. The number of carbonyl (C=O) groups is 1. The molecule has 130 valence electrons. The maximum absolute atomic E-state index is 12.5. The highest BCUT2D eigenvalue weighted by atomic mass is 16.6. The Morgan fingerprint density at radius 1 is 1.16 bits per heavy atom. The largest absolute Gasteiger partial charge is 0.444 e. The van der Waals surface area contributed by atoms with E-state index in [9.17, 15) is 4.79 Å². The first-order valence-electron chi connectivity index (χ1n) is 8.84. The van der Waals surface area contributed by atoms with Crippen molar-refractivity contribution >= 4 is 22.7 Å². The summed E-state index contributed by atoms with van der Waals surface area (Å²) in [7, 11) is 0. The fourth-order valence-corrected chi connectivity index (χ4v) is 3.81. The lowest BCUT2D eigenvalue weighted by molar-refractivity contribution is 0.0175. The van der Waals surface area contributed by atoms with E-state index in [4.69, 9.17) is 4.74 Å². The Morgan fingerprint density at radius 2 is 1.92 bits per heavy atom. The van der Waals surface area contributed by atoms with Gasteiger partial charge in [0, 0.05) is 18.4 Å². The number of hydrogen-bond acceptors (Lipinski definition) is 4. The van der Waals surface area contributed by atoms with E-state index in [1.54, 1.807) is 12.4 Å². The molecule has 1 amide bonds. The number of ether oxygens (including phenoxy) is 1. The second-order valence-corrected chi connectivity index (χ2v) is 7.84. The van der Waals surface area contributed by atoms with Gasteiger partial charge in [-0.2, -0.15) is 0 Å². The van der Waals surface area contributed by atoms with Crippen molar-refractivity contribution in [3.63, 3.8) is 0 Å². The van der Waals surface area contributed by atoms with Gasteiger partial charge in [-0.1, -0.05) is 12.1 Å². The Labute approximate surface area is 147 Å². The minimum Gasteiger partial charge on any atom is -0.444 e. The highest BCUT2D eigenvalue weighted by Crippen LogP contribution is 2.39. The molecular weight excluding hydrogens is 314 g/mol. The van der Waals surface area contributed by atoms with Gasteiger partial charge < -0.3 is 4.74 Å². The van der Waals surface area contributed by atoms with Crippen LogP contribution in [0.25, 0.3) is 16.6 Å². The fraction of sp³-hybridized carbons (Fsp3) is 0.450. The smallest absolute Gasteiger partial charge is 0.411 e. The van der Waals surface area contributed by atoms with E-state index in [-0.39, 0.29) is 18.2 Å². The average Bonchev–Trinajstić information content (AvgIpc) is 2.83. The van der Waals surface area contributed by atoms with Gasteiger partial charge in [-0.15, -0.1) is 0 Å². The molecule has 0 spiro atoms. The number of benzene rings is 1. The summed E-state index contributed by atoms with van der Waals surface area (Å²) in [5, 5.41) is 0. The van der Waals surface area contributed by atoms with Crippen LogP contribution in [0.2, 0.25) is 0 Å². The van der Waals surface area contributed by atoms with E-state index in [1.807, 2.05) is 31.7 Å². The summed E-state index contributed by atoms with van der Waals surface area (Å²) in [6.07, 6.45) is 8.35. The SMILES string of the molecule is CC(C)(C)OC(=O)N1C2C=C(c3ccc4nccnc4c3)CC1CC2. The number of amides is 1. The first-order chi connectivity index (χ1) is 11.9. The van der Waals surface area contributed by atoms with Crippen LogP contribution in [0.15, 0.2) is 36.7 Å². The number of fused-ring (bicyclic) bond motifs is 3. The summed E-state index contributed by atoms with van der Waals surface area (Å²) in [5.74, 6) is 0. The Bertz CT molecular complexity index is 853. The van der Waals surface area contributed by atoms with Gasteiger partial charge in [0.05, 0.1) is 17.1 Å². The number of nitrogens with zero attached hydrogens (tertiary/aromatic N) is 3. The minimum absolute atomic E-state index is 0.126. The van der Waals surface area contributed by atoms with Crippen molar-refractivity contribution in [3.8, 4) is 0 Å². The quantitative estimate of drug-likeness (QED) is 0.783. The van der Waals surface area contributed by atoms with Crippen molar-refractivity contribution in [2.24, 2.45) is 0 Å². The van der Waals surface area contributed by atoms with Crippen molar-refractivity contribution in [1.29, 1.82) is 0 Å². The highest BCUT2D eigenvalue weighted by molar-refractivity contribution is 5.81. The molecule has 2 aromatic rings. The van der Waals surface area contributed by atoms with Crippen molar-refractivity contribution in [2.45, 2.75) is 57.7 Å². The van der Waals surface area contributed by atoms with Crippen LogP contribution in [0.1, 0.15) is 45.6 Å². The summed E-state index contributed by atoms with van der Waals surface area (Å²) in [4.78, 5) is 23.2. The molecule has 2 atom stereocenters. The third-order valence-corrected chi connectivity index (χ3v) is 4.84. The molecule has 2 aliphatic heterocycles. The lowest BCUT2D eigenvalue weighted by Crippen LogP contribution is -2.45. The molecule has 1 fully saturated rings. The van der Waals surface area contributed by atoms with Crippen molar-refractivity contribution in [3.05, 3.63) is 42.2 Å². The van der Waals surface area contributed by atoms with Gasteiger partial charge in [0.1, 0.15) is 5.60 Å². The monoisotopic (exact) mass is 337 g/mol. The normalized spacial score (nSPS) is 22.8. The molecule has 2 aliphatic rings. The van der Waals surface area contributed by atoms with Gasteiger partial charge >= 0.3 is 6.09 Å². The second-order valence-electron chi connectivity index (χ2n) is 7.84. The lowest BCUT2D eigenvalue weighted by atomic mass is 9.94. The molecule has 1 aromatic carbocycles. The van der Waals surface area contributed by atoms with E-state index in [2.05, 4.69) is 28.2 Å². The predicted octanol–water partition coefficient (Wildman–Crippen LogP) is 4.19. The zero-order chi connectivity index (χ0) is 17.6. The molecule has 1 saturated heterocycles. The van der Waals surface area contributed by atoms with Gasteiger partial charge in [0.15, 0.2) is 0 Å². The fourth-order valence-electron chi connectivity index (χ4n) is 3.81. The Morgan fingerprint density at radius 3 is 2.64 bits per heavy atom. The average molecular weight is 337 g/mol. The number of rotatable bonds is 1. The molecule has 0 aliphatic carbocycles. The van der Waals surface area contributed by atoms with Crippen LogP contribution in [-0.2, 0) is 4.74 Å². The van der Waals surface area contributed by atoms with Crippen molar-refractivity contribution in [1.82, 2.24) is 14.9 Å². The first kappa shape index (κ1) is 16.1. The van der Waals surface area contributed by atoms with E-state index < -0.39 is 5.60 Å². The molecule has 2 unspecified atom stereocenters. The van der Waals surface area contributed by atoms with E-state index in [0.29, 0.717) is 0 Å². The maximum Gasteiger partial charge on any atom is 0.411 e. The van der Waals surface area contributed by atoms with E-state index in [0.717, 1.165) is 30.3 Å². The minimum atomic E-state index is -0.461. The van der Waals surface area contributed by atoms with Crippen LogP contribution in [0.5, 0.6) is 0 Å². The Hall–Kier alpha value is -2.43. The van der Waals surface area contributed by atoms with E-state index in [1.165, 1.54) is 11.1 Å². The van der Waals surface area contributed by atoms with Crippen LogP contribution in [0.4, 0.5) is 4.79 Å². The predicted molar refractivity (Wildman–Crippen MR) is 97.0 cm³/mol. The van der Waals surface area contributed by atoms with Gasteiger partial charge in [-0.25, -0.2) is 4.79 Å². The summed E-state index contributed by atoms with van der Waals surface area (Å²) >= 11 is 0. The summed E-state index contributed by atoms with van der Waals surface area (Å²) < 4.78 is 5.60. The molecule has 25 heavy (non-hydrogen) atoms. The molecule has 0 saturated carbocycles. The highest BCUT2D eigenvalue weighted by Gasteiger charge is 2.41. The van der Waals surface area contributed by atoms with Crippen LogP contribution in [0.3, 0.4) is 0 Å². The van der Waals surface area contributed by atoms with Crippen LogP contribution >= 0.6 is 0 Å². The zero-order valence-electron chi connectivity index (χ0n) is 14.9. The van der Waals surface area contributed by atoms with Crippen molar-refractivity contribution in [2.75, 3.05) is 0 Å². The topological polar surface area (TPSA) is 55.3 Å². The molecular formula is C20H23N3O2. The van der Waals surface area contributed by atoms with E-state index >= 15 is 0 Å². The number of aromatic nitrogens is 2. The molecule has 4 rings (SSSR count). The van der Waals surface area contributed by atoms with Crippen LogP contribution in [0, 0.1) is 0 Å². The van der Waals surface area contributed by atoms with Crippen molar-refractivity contribution < 1.29 is 9.53 Å². The molecule has 5 heteroatoms. The standard InChI is InChI=1S/C20H23N3O2/c1-20(2,3)25-19(24)23-15-5-6-16(23)11-14(10-15)13-4-7-17-18(12-13)22-9-8-21-17/h4,7-10,12,15-16H,5-6,11H2,1-3H3. The second kappa shape index (κ2) is 5.83. The van der Waals surface area contributed by atoms with Gasteiger partial charge in [-0.05, 0) is 63.3 Å². The van der Waals surface area contributed by atoms with Gasteiger partial charge in [-0.3, -0.25) is 14.9 Å². The molecule has 0 radical (unpaired) electrons. The lowest BCUT2D eigenvalue weighted by Gasteiger charge is -2.35. The number of carbonyl (C=O) groups excluding carboxylic acids is 1. The van der Waals surface area contributed by atoms with Crippen LogP contribution in [-0.4, -0.2) is 38.6 Å². The summed E-state index contributed by atoms with van der Waals surface area (Å²) in [5.41, 5.74) is 3.81. The molecule has 3 heterocycles. The molecule has 1 aromatic heterocycles. The van der Waals surface area contributed by atoms with Crippen LogP contribution < -0.4 is 0 Å².